The van der Waals surface area contributed by atoms with Crippen LogP contribution in [0.2, 0.25) is 0 Å². The molecule has 1 N–H and O–H groups in total. The molecule has 0 aliphatic rings. The summed E-state index contributed by atoms with van der Waals surface area (Å²) < 4.78 is 0. The van der Waals surface area contributed by atoms with Gasteiger partial charge in [-0.15, -0.1) is 11.3 Å². The third-order valence-electron chi connectivity index (χ3n) is 2.64. The summed E-state index contributed by atoms with van der Waals surface area (Å²) in [6.45, 7) is 16.5. The fourth-order valence-electron chi connectivity index (χ4n) is 1.64. The average molecular weight is 301 g/mol. The molecule has 1 aromatic heterocycles. The second-order valence-electron chi connectivity index (χ2n) is 6.53. The van der Waals surface area contributed by atoms with Crippen LogP contribution in [0.3, 0.4) is 0 Å². The maximum Gasteiger partial charge on any atom is 0.103 e. The Hall–Kier alpha value is -0.0600. The highest BCUT2D eigenvalue weighted by molar-refractivity contribution is 7.99. The van der Waals surface area contributed by atoms with Crippen LogP contribution in [0.5, 0.6) is 0 Å². The molecule has 0 aliphatic heterocycles. The lowest BCUT2D eigenvalue weighted by Crippen LogP contribution is -2.35. The second kappa shape index (κ2) is 7.09. The maximum atomic E-state index is 4.84. The van der Waals surface area contributed by atoms with Crippen molar-refractivity contribution >= 4 is 23.1 Å². The van der Waals surface area contributed by atoms with Gasteiger partial charge in [-0.2, -0.15) is 11.8 Å². The van der Waals surface area contributed by atoms with Gasteiger partial charge in [-0.05, 0) is 31.9 Å². The molecule has 0 atom stereocenters. The summed E-state index contributed by atoms with van der Waals surface area (Å²) in [7, 11) is 0. The van der Waals surface area contributed by atoms with Gasteiger partial charge >= 0.3 is 0 Å². The Bertz CT molecular complexity index is 389. The first-order valence-electron chi connectivity index (χ1n) is 7.04. The van der Waals surface area contributed by atoms with Crippen LogP contribution >= 0.6 is 23.1 Å². The van der Waals surface area contributed by atoms with Gasteiger partial charge in [0.1, 0.15) is 5.01 Å². The Morgan fingerprint density at radius 1 is 1.21 bits per heavy atom. The topological polar surface area (TPSA) is 24.9 Å². The van der Waals surface area contributed by atoms with Gasteiger partial charge in [-0.1, -0.05) is 27.7 Å². The Labute approximate surface area is 126 Å². The first-order chi connectivity index (χ1) is 8.69. The van der Waals surface area contributed by atoms with E-state index in [2.05, 4.69) is 53.8 Å². The molecule has 0 aliphatic carbocycles. The highest BCUT2D eigenvalue weighted by Crippen LogP contribution is 2.28. The van der Waals surface area contributed by atoms with Crippen molar-refractivity contribution in [2.24, 2.45) is 0 Å². The summed E-state index contributed by atoms with van der Waals surface area (Å²) in [5.74, 6) is 1.54. The third kappa shape index (κ3) is 6.28. The molecule has 0 saturated heterocycles. The lowest BCUT2D eigenvalue weighted by molar-refractivity contribution is 0.425. The predicted octanol–water partition coefficient (Wildman–Crippen LogP) is 4.80. The molecule has 1 aromatic rings. The fourth-order valence-corrected chi connectivity index (χ4v) is 3.58. The van der Waals surface area contributed by atoms with Crippen LogP contribution in [-0.4, -0.2) is 15.8 Å². The SMILES string of the molecule is CC(C)SCc1nc(C(C)C)c(CNC(C)(C)C)s1. The first kappa shape index (κ1) is 17.0. The van der Waals surface area contributed by atoms with Crippen molar-refractivity contribution in [2.75, 3.05) is 0 Å². The van der Waals surface area contributed by atoms with Gasteiger partial charge in [0.25, 0.3) is 0 Å². The van der Waals surface area contributed by atoms with Crippen molar-refractivity contribution in [3.8, 4) is 0 Å². The lowest BCUT2D eigenvalue weighted by atomic mass is 10.1. The van der Waals surface area contributed by atoms with Gasteiger partial charge in [0, 0.05) is 22.7 Å². The molecule has 4 heteroatoms. The molecular weight excluding hydrogens is 272 g/mol. The van der Waals surface area contributed by atoms with Crippen molar-refractivity contribution in [2.45, 2.75) is 77.5 Å². The molecule has 0 bridgehead atoms. The van der Waals surface area contributed by atoms with Crippen LogP contribution < -0.4 is 5.32 Å². The van der Waals surface area contributed by atoms with E-state index >= 15 is 0 Å². The van der Waals surface area contributed by atoms with Gasteiger partial charge in [-0.25, -0.2) is 4.98 Å². The molecule has 19 heavy (non-hydrogen) atoms. The maximum absolute atomic E-state index is 4.84. The van der Waals surface area contributed by atoms with Crippen molar-refractivity contribution < 1.29 is 0 Å². The number of hydrogen-bond donors (Lipinski definition) is 1. The van der Waals surface area contributed by atoms with Crippen LogP contribution in [-0.2, 0) is 12.3 Å². The number of nitrogens with zero attached hydrogens (tertiary/aromatic N) is 1. The zero-order chi connectivity index (χ0) is 14.6. The van der Waals surface area contributed by atoms with Gasteiger partial charge < -0.3 is 5.32 Å². The molecule has 0 fully saturated rings. The first-order valence-corrected chi connectivity index (χ1v) is 8.90. The molecule has 1 heterocycles. The predicted molar refractivity (Wildman–Crippen MR) is 89.2 cm³/mol. The van der Waals surface area contributed by atoms with Crippen LogP contribution in [0.15, 0.2) is 0 Å². The molecule has 1 rings (SSSR count). The quantitative estimate of drug-likeness (QED) is 0.817. The Morgan fingerprint density at radius 3 is 2.32 bits per heavy atom. The van der Waals surface area contributed by atoms with Crippen molar-refractivity contribution in [3.05, 3.63) is 15.6 Å². The lowest BCUT2D eigenvalue weighted by Gasteiger charge is -2.20. The summed E-state index contributed by atoms with van der Waals surface area (Å²) in [5.41, 5.74) is 1.44. The third-order valence-corrected chi connectivity index (χ3v) is 5.00. The van der Waals surface area contributed by atoms with Gasteiger partial charge in [0.05, 0.1) is 5.69 Å². The molecular formula is C15H28N2S2. The highest BCUT2D eigenvalue weighted by Gasteiger charge is 2.17. The van der Waals surface area contributed by atoms with Crippen LogP contribution in [0, 0.1) is 0 Å². The van der Waals surface area contributed by atoms with E-state index in [0.29, 0.717) is 11.2 Å². The minimum atomic E-state index is 0.158. The summed E-state index contributed by atoms with van der Waals surface area (Å²) in [4.78, 5) is 6.25. The van der Waals surface area contributed by atoms with E-state index in [0.717, 1.165) is 12.3 Å². The monoisotopic (exact) mass is 300 g/mol. The number of nitrogens with one attached hydrogen (secondary N) is 1. The number of thiazole rings is 1. The summed E-state index contributed by atoms with van der Waals surface area (Å²) in [6.07, 6.45) is 0. The molecule has 0 amide bonds. The van der Waals surface area contributed by atoms with E-state index < -0.39 is 0 Å². The Balaban J connectivity index is 2.77. The van der Waals surface area contributed by atoms with Gasteiger partial charge in [0.15, 0.2) is 0 Å². The largest absolute Gasteiger partial charge is 0.307 e. The standard InChI is InChI=1S/C15H28N2S2/c1-10(2)14-12(8-16-15(5,6)7)19-13(17-14)9-18-11(3)4/h10-11,16H,8-9H2,1-7H3. The smallest absolute Gasteiger partial charge is 0.103 e. The molecule has 0 unspecified atom stereocenters. The number of hydrogen-bond acceptors (Lipinski definition) is 4. The van der Waals surface area contributed by atoms with E-state index in [4.69, 9.17) is 4.98 Å². The molecule has 0 spiro atoms. The van der Waals surface area contributed by atoms with Crippen molar-refractivity contribution in [1.29, 1.82) is 0 Å². The van der Waals surface area contributed by atoms with E-state index in [9.17, 15) is 0 Å². The van der Waals surface area contributed by atoms with E-state index in [-0.39, 0.29) is 5.54 Å². The molecule has 0 radical (unpaired) electrons. The van der Waals surface area contributed by atoms with Crippen LogP contribution in [0.25, 0.3) is 0 Å². The van der Waals surface area contributed by atoms with E-state index in [1.54, 1.807) is 0 Å². The average Bonchev–Trinajstić information content (AvgIpc) is 2.66. The number of aromatic nitrogens is 1. The second-order valence-corrected chi connectivity index (χ2v) is 9.27. The summed E-state index contributed by atoms with van der Waals surface area (Å²) in [5, 5.41) is 5.52. The highest BCUT2D eigenvalue weighted by atomic mass is 32.2. The van der Waals surface area contributed by atoms with Gasteiger partial charge in [-0.3, -0.25) is 0 Å². The summed E-state index contributed by atoms with van der Waals surface area (Å²) >= 11 is 3.85. The minimum Gasteiger partial charge on any atom is -0.307 e. The minimum absolute atomic E-state index is 0.158. The van der Waals surface area contributed by atoms with Crippen LogP contribution in [0.4, 0.5) is 0 Å². The Morgan fingerprint density at radius 2 is 1.84 bits per heavy atom. The number of thioether (sulfide) groups is 1. The fraction of sp³-hybridized carbons (Fsp3) is 0.800. The molecule has 0 saturated carbocycles. The van der Waals surface area contributed by atoms with Crippen LogP contribution in [0.1, 0.15) is 70.0 Å². The Kier molecular flexibility index (Phi) is 6.34. The zero-order valence-electron chi connectivity index (χ0n) is 13.3. The normalized spacial score (nSPS) is 12.7. The molecule has 110 valence electrons. The van der Waals surface area contributed by atoms with Crippen molar-refractivity contribution in [3.63, 3.8) is 0 Å². The van der Waals surface area contributed by atoms with Crippen molar-refractivity contribution in [1.82, 2.24) is 10.3 Å². The van der Waals surface area contributed by atoms with E-state index in [1.165, 1.54) is 15.6 Å². The number of rotatable bonds is 6. The molecule has 0 aromatic carbocycles. The molecule has 2 nitrogen and oxygen atoms in total. The van der Waals surface area contributed by atoms with Gasteiger partial charge in [0.2, 0.25) is 0 Å². The van der Waals surface area contributed by atoms with E-state index in [1.807, 2.05) is 23.1 Å². The zero-order valence-corrected chi connectivity index (χ0v) is 15.0. The summed E-state index contributed by atoms with van der Waals surface area (Å²) in [6, 6.07) is 0.